The largest absolute Gasteiger partial charge is 0.490 e. The Labute approximate surface area is 102 Å². The van der Waals surface area contributed by atoms with Crippen molar-refractivity contribution in [3.05, 3.63) is 46.2 Å². The molecule has 0 saturated heterocycles. The molecular weight excluding hydrogens is 239 g/mol. The van der Waals surface area contributed by atoms with Gasteiger partial charge in [0.15, 0.2) is 17.3 Å². The molecule has 0 aliphatic heterocycles. The Balaban J connectivity index is 1.88. The summed E-state index contributed by atoms with van der Waals surface area (Å²) >= 11 is 1.41. The lowest BCUT2D eigenvalue weighted by Gasteiger charge is -2.05. The number of rotatable bonds is 4. The van der Waals surface area contributed by atoms with E-state index in [-0.39, 0.29) is 11.6 Å². The number of halogens is 1. The Hall–Kier alpha value is -1.93. The summed E-state index contributed by atoms with van der Waals surface area (Å²) in [6.45, 7) is 0.347. The van der Waals surface area contributed by atoms with Crippen LogP contribution in [0.15, 0.2) is 29.6 Å². The van der Waals surface area contributed by atoms with Crippen molar-refractivity contribution in [3.8, 4) is 11.8 Å². The smallest absolute Gasteiger partial charge is 0.165 e. The second kappa shape index (κ2) is 5.41. The van der Waals surface area contributed by atoms with Crippen LogP contribution in [0.3, 0.4) is 0 Å². The second-order valence-corrected chi connectivity index (χ2v) is 4.21. The maximum atomic E-state index is 13.2. The number of hydrogen-bond acceptors (Lipinski definition) is 4. The molecule has 2 rings (SSSR count). The van der Waals surface area contributed by atoms with Gasteiger partial charge in [-0.15, -0.1) is 11.3 Å². The summed E-state index contributed by atoms with van der Waals surface area (Å²) in [5.41, 5.74) is 0.413. The molecule has 2 aromatic rings. The number of nitriles is 1. The molecule has 0 fully saturated rings. The van der Waals surface area contributed by atoms with Gasteiger partial charge in [-0.3, -0.25) is 0 Å². The highest BCUT2D eigenvalue weighted by Gasteiger charge is 2.04. The van der Waals surface area contributed by atoms with E-state index in [0.717, 1.165) is 5.01 Å². The van der Waals surface area contributed by atoms with E-state index in [1.807, 2.05) is 6.07 Å². The molecule has 0 atom stereocenters. The number of benzene rings is 1. The third kappa shape index (κ3) is 3.02. The summed E-state index contributed by atoms with van der Waals surface area (Å²) in [4.78, 5) is 4.07. The minimum absolute atomic E-state index is 0.240. The van der Waals surface area contributed by atoms with Gasteiger partial charge in [0.2, 0.25) is 0 Å². The van der Waals surface area contributed by atoms with Gasteiger partial charge >= 0.3 is 0 Å². The molecule has 0 aliphatic carbocycles. The van der Waals surface area contributed by atoms with Crippen LogP contribution >= 0.6 is 11.3 Å². The molecule has 0 unspecified atom stereocenters. The number of hydrogen-bond donors (Lipinski definition) is 0. The minimum Gasteiger partial charge on any atom is -0.490 e. The van der Waals surface area contributed by atoms with E-state index in [2.05, 4.69) is 4.98 Å². The Morgan fingerprint density at radius 1 is 1.41 bits per heavy atom. The molecule has 0 N–H and O–H groups in total. The SMILES string of the molecule is N#Cc1csc(CCOc2ccccc2F)n1. The predicted octanol–water partition coefficient (Wildman–Crippen LogP) is 2.78. The molecule has 0 bridgehead atoms. The maximum Gasteiger partial charge on any atom is 0.165 e. The van der Waals surface area contributed by atoms with Crippen molar-refractivity contribution in [1.82, 2.24) is 4.98 Å². The average Bonchev–Trinajstić information content (AvgIpc) is 2.80. The summed E-state index contributed by atoms with van der Waals surface area (Å²) < 4.78 is 18.5. The monoisotopic (exact) mass is 248 g/mol. The maximum absolute atomic E-state index is 13.2. The van der Waals surface area contributed by atoms with Crippen molar-refractivity contribution in [1.29, 1.82) is 5.26 Å². The van der Waals surface area contributed by atoms with Crippen LogP contribution in [-0.4, -0.2) is 11.6 Å². The van der Waals surface area contributed by atoms with Gasteiger partial charge in [0.1, 0.15) is 6.07 Å². The first-order valence-corrected chi connectivity index (χ1v) is 5.89. The summed E-state index contributed by atoms with van der Waals surface area (Å²) in [5, 5.41) is 11.1. The van der Waals surface area contributed by atoms with Crippen LogP contribution in [0.2, 0.25) is 0 Å². The molecule has 0 aliphatic rings. The number of para-hydroxylation sites is 1. The molecule has 17 heavy (non-hydrogen) atoms. The quantitative estimate of drug-likeness (QED) is 0.835. The summed E-state index contributed by atoms with van der Waals surface area (Å²) in [6.07, 6.45) is 0.570. The van der Waals surface area contributed by atoms with E-state index in [1.54, 1.807) is 23.6 Å². The third-order valence-corrected chi connectivity index (χ3v) is 2.99. The van der Waals surface area contributed by atoms with Crippen LogP contribution in [0.4, 0.5) is 4.39 Å². The van der Waals surface area contributed by atoms with Gasteiger partial charge in [0.05, 0.1) is 11.6 Å². The van der Waals surface area contributed by atoms with Crippen molar-refractivity contribution in [2.45, 2.75) is 6.42 Å². The zero-order valence-electron chi connectivity index (χ0n) is 8.89. The molecule has 1 aromatic carbocycles. The van der Waals surface area contributed by atoms with Crippen molar-refractivity contribution >= 4 is 11.3 Å². The lowest BCUT2D eigenvalue weighted by atomic mass is 10.3. The number of nitrogens with zero attached hydrogens (tertiary/aromatic N) is 2. The van der Waals surface area contributed by atoms with Crippen molar-refractivity contribution in [2.75, 3.05) is 6.61 Å². The van der Waals surface area contributed by atoms with E-state index in [1.165, 1.54) is 17.4 Å². The van der Waals surface area contributed by atoms with Crippen molar-refractivity contribution in [2.24, 2.45) is 0 Å². The lowest BCUT2D eigenvalue weighted by Crippen LogP contribution is -2.02. The number of thiazole rings is 1. The Kier molecular flexibility index (Phi) is 3.68. The standard InChI is InChI=1S/C12H9FN2OS/c13-10-3-1-2-4-11(10)16-6-5-12-15-9(7-14)8-17-12/h1-4,8H,5-6H2. The molecule has 0 saturated carbocycles. The van der Waals surface area contributed by atoms with Gasteiger partial charge in [-0.25, -0.2) is 9.37 Å². The second-order valence-electron chi connectivity index (χ2n) is 3.27. The van der Waals surface area contributed by atoms with Gasteiger partial charge in [-0.05, 0) is 12.1 Å². The van der Waals surface area contributed by atoms with Crippen LogP contribution in [0, 0.1) is 17.1 Å². The first-order valence-electron chi connectivity index (χ1n) is 5.01. The highest BCUT2D eigenvalue weighted by atomic mass is 32.1. The van der Waals surface area contributed by atoms with E-state index in [0.29, 0.717) is 18.7 Å². The van der Waals surface area contributed by atoms with E-state index in [4.69, 9.17) is 10.00 Å². The van der Waals surface area contributed by atoms with E-state index < -0.39 is 0 Å². The Bertz CT molecular complexity index is 547. The normalized spacial score (nSPS) is 9.88. The summed E-state index contributed by atoms with van der Waals surface area (Å²) in [5.74, 6) is -0.131. The van der Waals surface area contributed by atoms with Crippen LogP contribution in [0.5, 0.6) is 5.75 Å². The molecular formula is C12H9FN2OS. The fraction of sp³-hybridized carbons (Fsp3) is 0.167. The summed E-state index contributed by atoms with van der Waals surface area (Å²) in [6, 6.07) is 8.23. The first kappa shape index (κ1) is 11.6. The van der Waals surface area contributed by atoms with Crippen LogP contribution in [-0.2, 0) is 6.42 Å². The molecule has 0 radical (unpaired) electrons. The van der Waals surface area contributed by atoms with Crippen LogP contribution < -0.4 is 4.74 Å². The zero-order valence-corrected chi connectivity index (χ0v) is 9.71. The van der Waals surface area contributed by atoms with Crippen molar-refractivity contribution in [3.63, 3.8) is 0 Å². The molecule has 1 heterocycles. The number of aromatic nitrogens is 1. The molecule has 5 heteroatoms. The number of ether oxygens (including phenoxy) is 1. The molecule has 0 amide bonds. The summed E-state index contributed by atoms with van der Waals surface area (Å²) in [7, 11) is 0. The van der Waals surface area contributed by atoms with Gasteiger partial charge < -0.3 is 4.74 Å². The van der Waals surface area contributed by atoms with Gasteiger partial charge in [-0.1, -0.05) is 12.1 Å². The van der Waals surface area contributed by atoms with Gasteiger partial charge in [0, 0.05) is 11.8 Å². The van der Waals surface area contributed by atoms with Gasteiger partial charge in [0.25, 0.3) is 0 Å². The third-order valence-electron chi connectivity index (χ3n) is 2.08. The molecule has 3 nitrogen and oxygen atoms in total. The van der Waals surface area contributed by atoms with Crippen molar-refractivity contribution < 1.29 is 9.13 Å². The minimum atomic E-state index is -0.371. The van der Waals surface area contributed by atoms with E-state index >= 15 is 0 Å². The fourth-order valence-electron chi connectivity index (χ4n) is 1.29. The fourth-order valence-corrected chi connectivity index (χ4v) is 1.99. The topological polar surface area (TPSA) is 45.9 Å². The highest BCUT2D eigenvalue weighted by Crippen LogP contribution is 2.16. The van der Waals surface area contributed by atoms with Crippen LogP contribution in [0.1, 0.15) is 10.7 Å². The van der Waals surface area contributed by atoms with E-state index in [9.17, 15) is 4.39 Å². The Morgan fingerprint density at radius 3 is 2.94 bits per heavy atom. The van der Waals surface area contributed by atoms with Gasteiger partial charge in [-0.2, -0.15) is 5.26 Å². The zero-order chi connectivity index (χ0) is 12.1. The molecule has 0 spiro atoms. The molecule has 86 valence electrons. The molecule has 1 aromatic heterocycles. The highest BCUT2D eigenvalue weighted by molar-refractivity contribution is 7.09. The predicted molar refractivity (Wildman–Crippen MR) is 62.4 cm³/mol. The average molecular weight is 248 g/mol. The lowest BCUT2D eigenvalue weighted by molar-refractivity contribution is 0.305. The first-order chi connectivity index (χ1) is 8.29. The Morgan fingerprint density at radius 2 is 2.24 bits per heavy atom. The van der Waals surface area contributed by atoms with Crippen LogP contribution in [0.25, 0.3) is 0 Å².